The lowest BCUT2D eigenvalue weighted by Crippen LogP contribution is -1.95. The Morgan fingerprint density at radius 1 is 1.25 bits per heavy atom. The standard InChI is InChI=1S/C11H10BrN3S/c1-16-10-4-2-3-9(5-10)15-11-13-6-8(12)7-14-11/h2-7H,1H3,(H,13,14,15). The second-order valence-corrected chi connectivity index (χ2v) is 4.88. The predicted octanol–water partition coefficient (Wildman–Crippen LogP) is 3.70. The predicted molar refractivity (Wildman–Crippen MR) is 71.2 cm³/mol. The highest BCUT2D eigenvalue weighted by Crippen LogP contribution is 2.20. The Morgan fingerprint density at radius 2 is 2.00 bits per heavy atom. The Morgan fingerprint density at radius 3 is 2.69 bits per heavy atom. The fraction of sp³-hybridized carbons (Fsp3) is 0.0909. The molecule has 0 saturated heterocycles. The average molecular weight is 296 g/mol. The van der Waals surface area contributed by atoms with Crippen LogP contribution in [0.1, 0.15) is 0 Å². The van der Waals surface area contributed by atoms with Gasteiger partial charge in [0.15, 0.2) is 0 Å². The first-order chi connectivity index (χ1) is 7.78. The Balaban J connectivity index is 2.16. The van der Waals surface area contributed by atoms with Gasteiger partial charge < -0.3 is 5.32 Å². The van der Waals surface area contributed by atoms with Gasteiger partial charge >= 0.3 is 0 Å². The molecule has 5 heteroatoms. The number of hydrogen-bond acceptors (Lipinski definition) is 4. The van der Waals surface area contributed by atoms with Crippen LogP contribution in [0.4, 0.5) is 11.6 Å². The lowest BCUT2D eigenvalue weighted by molar-refractivity contribution is 1.15. The topological polar surface area (TPSA) is 37.8 Å². The van der Waals surface area contributed by atoms with E-state index >= 15 is 0 Å². The molecule has 2 rings (SSSR count). The van der Waals surface area contributed by atoms with Crippen molar-refractivity contribution in [2.75, 3.05) is 11.6 Å². The Bertz CT molecular complexity index is 473. The summed E-state index contributed by atoms with van der Waals surface area (Å²) in [6.45, 7) is 0. The summed E-state index contributed by atoms with van der Waals surface area (Å²) >= 11 is 5.01. The van der Waals surface area contributed by atoms with E-state index in [0.717, 1.165) is 10.2 Å². The minimum atomic E-state index is 0.599. The van der Waals surface area contributed by atoms with E-state index in [9.17, 15) is 0 Å². The van der Waals surface area contributed by atoms with Crippen molar-refractivity contribution in [3.8, 4) is 0 Å². The Labute approximate surface area is 107 Å². The van der Waals surface area contributed by atoms with Crippen molar-refractivity contribution in [3.63, 3.8) is 0 Å². The maximum absolute atomic E-state index is 4.15. The van der Waals surface area contributed by atoms with Gasteiger partial charge in [0.1, 0.15) is 0 Å². The van der Waals surface area contributed by atoms with E-state index in [2.05, 4.69) is 49.6 Å². The molecule has 1 heterocycles. The number of nitrogens with zero attached hydrogens (tertiary/aromatic N) is 2. The van der Waals surface area contributed by atoms with E-state index in [0.29, 0.717) is 5.95 Å². The molecule has 0 aliphatic heterocycles. The molecule has 16 heavy (non-hydrogen) atoms. The van der Waals surface area contributed by atoms with Gasteiger partial charge in [-0.25, -0.2) is 9.97 Å². The monoisotopic (exact) mass is 295 g/mol. The fourth-order valence-electron chi connectivity index (χ4n) is 1.21. The lowest BCUT2D eigenvalue weighted by atomic mass is 10.3. The first kappa shape index (κ1) is 11.4. The third kappa shape index (κ3) is 2.96. The van der Waals surface area contributed by atoms with Crippen LogP contribution in [-0.2, 0) is 0 Å². The van der Waals surface area contributed by atoms with Crippen LogP contribution in [0, 0.1) is 0 Å². The van der Waals surface area contributed by atoms with Crippen LogP contribution < -0.4 is 5.32 Å². The summed E-state index contributed by atoms with van der Waals surface area (Å²) in [5.41, 5.74) is 0.995. The summed E-state index contributed by atoms with van der Waals surface area (Å²) in [5.74, 6) is 0.599. The van der Waals surface area contributed by atoms with E-state index in [1.165, 1.54) is 4.90 Å². The molecule has 0 aliphatic rings. The van der Waals surface area contributed by atoms with E-state index in [1.54, 1.807) is 24.2 Å². The van der Waals surface area contributed by atoms with Crippen LogP contribution >= 0.6 is 27.7 Å². The minimum absolute atomic E-state index is 0.599. The first-order valence-electron chi connectivity index (χ1n) is 4.66. The van der Waals surface area contributed by atoms with Gasteiger partial charge in [-0.2, -0.15) is 0 Å². The van der Waals surface area contributed by atoms with Gasteiger partial charge in [0, 0.05) is 23.0 Å². The van der Waals surface area contributed by atoms with Gasteiger partial charge in [-0.1, -0.05) is 6.07 Å². The van der Waals surface area contributed by atoms with E-state index in [1.807, 2.05) is 12.1 Å². The van der Waals surface area contributed by atoms with Crippen molar-refractivity contribution in [1.29, 1.82) is 0 Å². The number of thioether (sulfide) groups is 1. The molecule has 0 bridgehead atoms. The van der Waals surface area contributed by atoms with Crippen LogP contribution in [0.15, 0.2) is 46.0 Å². The molecule has 0 aliphatic carbocycles. The largest absolute Gasteiger partial charge is 0.324 e. The highest BCUT2D eigenvalue weighted by molar-refractivity contribution is 9.10. The zero-order chi connectivity index (χ0) is 11.4. The Hall–Kier alpha value is -1.07. The molecule has 2 aromatic rings. The Kier molecular flexibility index (Phi) is 3.79. The summed E-state index contributed by atoms with van der Waals surface area (Å²) in [6, 6.07) is 8.13. The van der Waals surface area contributed by atoms with Gasteiger partial charge in [-0.05, 0) is 40.4 Å². The summed E-state index contributed by atoms with van der Waals surface area (Å²) in [7, 11) is 0. The summed E-state index contributed by atoms with van der Waals surface area (Å²) in [6.07, 6.45) is 5.48. The zero-order valence-corrected chi connectivity index (χ0v) is 11.0. The van der Waals surface area contributed by atoms with Gasteiger partial charge in [-0.15, -0.1) is 11.8 Å². The van der Waals surface area contributed by atoms with Crippen LogP contribution in [0.25, 0.3) is 0 Å². The molecule has 0 unspecified atom stereocenters. The molecule has 0 saturated carbocycles. The quantitative estimate of drug-likeness (QED) is 0.876. The first-order valence-corrected chi connectivity index (χ1v) is 6.68. The summed E-state index contributed by atoms with van der Waals surface area (Å²) in [4.78, 5) is 9.52. The second-order valence-electron chi connectivity index (χ2n) is 3.08. The second kappa shape index (κ2) is 5.32. The summed E-state index contributed by atoms with van der Waals surface area (Å²) < 4.78 is 0.871. The third-order valence-electron chi connectivity index (χ3n) is 1.95. The molecule has 1 aromatic heterocycles. The van der Waals surface area contributed by atoms with Crippen molar-refractivity contribution >= 4 is 39.3 Å². The molecule has 0 amide bonds. The molecule has 3 nitrogen and oxygen atoms in total. The number of rotatable bonds is 3. The maximum atomic E-state index is 4.15. The van der Waals surface area contributed by atoms with Crippen molar-refractivity contribution in [2.24, 2.45) is 0 Å². The van der Waals surface area contributed by atoms with Gasteiger partial charge in [0.2, 0.25) is 5.95 Å². The van der Waals surface area contributed by atoms with E-state index in [4.69, 9.17) is 0 Å². The molecular weight excluding hydrogens is 286 g/mol. The average Bonchev–Trinajstić information content (AvgIpc) is 2.32. The number of benzene rings is 1. The highest BCUT2D eigenvalue weighted by Gasteiger charge is 1.98. The molecule has 1 N–H and O–H groups in total. The molecule has 0 radical (unpaired) electrons. The third-order valence-corrected chi connectivity index (χ3v) is 3.08. The van der Waals surface area contributed by atoms with Crippen molar-refractivity contribution in [1.82, 2.24) is 9.97 Å². The molecule has 82 valence electrons. The number of anilines is 2. The van der Waals surface area contributed by atoms with Crippen molar-refractivity contribution < 1.29 is 0 Å². The lowest BCUT2D eigenvalue weighted by Gasteiger charge is -2.05. The fourth-order valence-corrected chi connectivity index (χ4v) is 1.87. The number of aromatic nitrogens is 2. The zero-order valence-electron chi connectivity index (χ0n) is 8.64. The van der Waals surface area contributed by atoms with Crippen LogP contribution in [-0.4, -0.2) is 16.2 Å². The smallest absolute Gasteiger partial charge is 0.227 e. The SMILES string of the molecule is CSc1cccc(Nc2ncc(Br)cn2)c1. The molecule has 0 fully saturated rings. The summed E-state index contributed by atoms with van der Waals surface area (Å²) in [5, 5.41) is 3.15. The molecular formula is C11H10BrN3S. The van der Waals surface area contributed by atoms with Crippen LogP contribution in [0.3, 0.4) is 0 Å². The normalized spacial score (nSPS) is 10.1. The molecule has 0 atom stereocenters. The van der Waals surface area contributed by atoms with Gasteiger partial charge in [0.25, 0.3) is 0 Å². The van der Waals surface area contributed by atoms with Crippen LogP contribution in [0.5, 0.6) is 0 Å². The van der Waals surface area contributed by atoms with Gasteiger partial charge in [0.05, 0.1) is 4.47 Å². The van der Waals surface area contributed by atoms with Crippen molar-refractivity contribution in [2.45, 2.75) is 4.90 Å². The molecule has 0 spiro atoms. The number of halogens is 1. The maximum Gasteiger partial charge on any atom is 0.227 e. The minimum Gasteiger partial charge on any atom is -0.324 e. The van der Waals surface area contributed by atoms with Crippen molar-refractivity contribution in [3.05, 3.63) is 41.1 Å². The number of hydrogen-bond donors (Lipinski definition) is 1. The molecule has 1 aromatic carbocycles. The number of nitrogens with one attached hydrogen (secondary N) is 1. The van der Waals surface area contributed by atoms with Gasteiger partial charge in [-0.3, -0.25) is 0 Å². The van der Waals surface area contributed by atoms with Crippen LogP contribution in [0.2, 0.25) is 0 Å². The van der Waals surface area contributed by atoms with E-state index < -0.39 is 0 Å². The highest BCUT2D eigenvalue weighted by atomic mass is 79.9. The van der Waals surface area contributed by atoms with E-state index in [-0.39, 0.29) is 0 Å².